The molecule has 2 saturated carbocycles. The van der Waals surface area contributed by atoms with Crippen LogP contribution in [0, 0.1) is 39.4 Å². The van der Waals surface area contributed by atoms with Gasteiger partial charge in [-0.3, -0.25) is 0 Å². The zero-order valence-electron chi connectivity index (χ0n) is 22.1. The van der Waals surface area contributed by atoms with E-state index in [4.69, 9.17) is 4.74 Å². The van der Waals surface area contributed by atoms with E-state index in [2.05, 4.69) is 61.5 Å². The van der Waals surface area contributed by atoms with E-state index in [1.807, 2.05) is 5.57 Å². The van der Waals surface area contributed by atoms with Crippen LogP contribution in [0.3, 0.4) is 0 Å². The number of allylic oxidation sites excluding steroid dienone is 3. The molecule has 1 N–H and O–H groups in total. The summed E-state index contributed by atoms with van der Waals surface area (Å²) in [6.45, 7) is 19.4. The SMILES string of the molecule is CC(C)=CC1CC(C)C2C(CC3(C)C4=C(CCC23C)C2(C)CCC(O)C(C)(C)C2CC4)O1. The van der Waals surface area contributed by atoms with Gasteiger partial charge in [0, 0.05) is 0 Å². The normalized spacial score (nSPS) is 51.9. The number of aliphatic hydroxyl groups excluding tert-OH is 1. The summed E-state index contributed by atoms with van der Waals surface area (Å²) in [6, 6.07) is 0. The molecule has 5 rings (SSSR count). The van der Waals surface area contributed by atoms with Crippen molar-refractivity contribution in [1.82, 2.24) is 0 Å². The maximum absolute atomic E-state index is 10.8. The van der Waals surface area contributed by atoms with E-state index in [1.165, 1.54) is 44.1 Å². The van der Waals surface area contributed by atoms with Crippen molar-refractivity contribution in [3.05, 3.63) is 22.8 Å². The first-order valence-electron chi connectivity index (χ1n) is 13.6. The Morgan fingerprint density at radius 3 is 2.41 bits per heavy atom. The first-order chi connectivity index (χ1) is 14.8. The quantitative estimate of drug-likeness (QED) is 0.429. The number of hydrogen-bond acceptors (Lipinski definition) is 2. The summed E-state index contributed by atoms with van der Waals surface area (Å²) < 4.78 is 6.84. The van der Waals surface area contributed by atoms with Gasteiger partial charge in [0.25, 0.3) is 0 Å². The molecule has 180 valence electrons. The molecule has 1 saturated heterocycles. The summed E-state index contributed by atoms with van der Waals surface area (Å²) in [5.74, 6) is 2.00. The summed E-state index contributed by atoms with van der Waals surface area (Å²) in [5.41, 5.74) is 5.91. The van der Waals surface area contributed by atoms with Crippen molar-refractivity contribution in [2.45, 2.75) is 125 Å². The summed E-state index contributed by atoms with van der Waals surface area (Å²) >= 11 is 0. The van der Waals surface area contributed by atoms with Crippen LogP contribution >= 0.6 is 0 Å². The predicted molar refractivity (Wildman–Crippen MR) is 132 cm³/mol. The van der Waals surface area contributed by atoms with Crippen LogP contribution < -0.4 is 0 Å². The van der Waals surface area contributed by atoms with Gasteiger partial charge in [0.1, 0.15) is 0 Å². The minimum atomic E-state index is -0.150. The molecular formula is C30H48O2. The number of aliphatic hydroxyl groups is 1. The van der Waals surface area contributed by atoms with Crippen LogP contribution in [-0.2, 0) is 4.74 Å². The molecule has 0 amide bonds. The Balaban J connectivity index is 1.54. The van der Waals surface area contributed by atoms with Crippen LogP contribution in [0.2, 0.25) is 0 Å². The van der Waals surface area contributed by atoms with Gasteiger partial charge in [0.05, 0.1) is 18.3 Å². The van der Waals surface area contributed by atoms with Crippen molar-refractivity contribution in [1.29, 1.82) is 0 Å². The third-order valence-corrected chi connectivity index (χ3v) is 11.9. The fourth-order valence-corrected chi connectivity index (χ4v) is 10.2. The topological polar surface area (TPSA) is 29.5 Å². The van der Waals surface area contributed by atoms with Gasteiger partial charge in [-0.15, -0.1) is 0 Å². The van der Waals surface area contributed by atoms with Gasteiger partial charge in [-0.2, -0.15) is 0 Å². The van der Waals surface area contributed by atoms with Crippen molar-refractivity contribution < 1.29 is 9.84 Å². The molecule has 9 unspecified atom stereocenters. The molecule has 0 spiro atoms. The van der Waals surface area contributed by atoms with Crippen molar-refractivity contribution in [2.24, 2.45) is 39.4 Å². The fourth-order valence-electron chi connectivity index (χ4n) is 10.2. The fraction of sp³-hybridized carbons (Fsp3) is 0.867. The van der Waals surface area contributed by atoms with Gasteiger partial charge < -0.3 is 9.84 Å². The molecule has 1 aliphatic heterocycles. The number of ether oxygens (including phenoxy) is 1. The molecule has 5 aliphatic rings. The zero-order valence-corrected chi connectivity index (χ0v) is 22.1. The highest BCUT2D eigenvalue weighted by Gasteiger charge is 2.67. The molecular weight excluding hydrogens is 392 g/mol. The maximum Gasteiger partial charge on any atom is 0.0764 e. The van der Waals surface area contributed by atoms with Crippen LogP contribution in [0.4, 0.5) is 0 Å². The first kappa shape index (κ1) is 23.2. The van der Waals surface area contributed by atoms with Gasteiger partial charge in [-0.1, -0.05) is 64.3 Å². The molecule has 0 aromatic carbocycles. The van der Waals surface area contributed by atoms with E-state index >= 15 is 0 Å². The van der Waals surface area contributed by atoms with E-state index in [-0.39, 0.29) is 22.3 Å². The van der Waals surface area contributed by atoms with E-state index in [0.29, 0.717) is 29.5 Å². The third-order valence-electron chi connectivity index (χ3n) is 11.9. The van der Waals surface area contributed by atoms with Gasteiger partial charge in [0.2, 0.25) is 0 Å². The Morgan fingerprint density at radius 2 is 1.72 bits per heavy atom. The molecule has 32 heavy (non-hydrogen) atoms. The lowest BCUT2D eigenvalue weighted by atomic mass is 9.43. The Kier molecular flexibility index (Phi) is 5.21. The summed E-state index contributed by atoms with van der Waals surface area (Å²) in [7, 11) is 0. The highest BCUT2D eigenvalue weighted by atomic mass is 16.5. The third kappa shape index (κ3) is 2.90. The second-order valence-corrected chi connectivity index (χ2v) is 14.0. The molecule has 4 aliphatic carbocycles. The molecule has 0 aromatic heterocycles. The molecule has 9 atom stereocenters. The molecule has 0 aromatic rings. The van der Waals surface area contributed by atoms with Crippen LogP contribution in [-0.4, -0.2) is 23.4 Å². The number of fused-ring (bicyclic) bond motifs is 6. The smallest absolute Gasteiger partial charge is 0.0764 e. The average molecular weight is 441 g/mol. The minimum Gasteiger partial charge on any atom is -0.393 e. The molecule has 1 heterocycles. The number of hydrogen-bond donors (Lipinski definition) is 1. The van der Waals surface area contributed by atoms with Crippen molar-refractivity contribution in [3.63, 3.8) is 0 Å². The van der Waals surface area contributed by atoms with Crippen molar-refractivity contribution >= 4 is 0 Å². The lowest BCUT2D eigenvalue weighted by molar-refractivity contribution is -0.106. The maximum atomic E-state index is 10.8. The molecule has 3 fully saturated rings. The van der Waals surface area contributed by atoms with E-state index in [9.17, 15) is 5.11 Å². The minimum absolute atomic E-state index is 0.0199. The van der Waals surface area contributed by atoms with E-state index < -0.39 is 0 Å². The van der Waals surface area contributed by atoms with E-state index in [0.717, 1.165) is 18.8 Å². The second-order valence-electron chi connectivity index (χ2n) is 14.0. The Morgan fingerprint density at radius 1 is 1.00 bits per heavy atom. The molecule has 0 bridgehead atoms. The predicted octanol–water partition coefficient (Wildman–Crippen LogP) is 7.47. The standard InChI is InChI=1S/C30H48O2/c1-18(2)15-20-16-19(3)26-23(32-20)17-30(8)22-9-10-24-27(4,5)25(31)12-13-28(24,6)21(22)11-14-29(26,30)7/h15,19-20,23-26,31H,9-14,16-17H2,1-8H3. The Bertz CT molecular complexity index is 847. The van der Waals surface area contributed by atoms with Gasteiger partial charge >= 0.3 is 0 Å². The highest BCUT2D eigenvalue weighted by Crippen LogP contribution is 2.73. The van der Waals surface area contributed by atoms with Crippen LogP contribution in [0.5, 0.6) is 0 Å². The molecule has 0 radical (unpaired) electrons. The Hall–Kier alpha value is -0.600. The Labute approximate surface area is 197 Å². The zero-order chi connectivity index (χ0) is 23.3. The monoisotopic (exact) mass is 440 g/mol. The lowest BCUT2D eigenvalue weighted by Gasteiger charge is -2.62. The van der Waals surface area contributed by atoms with Crippen LogP contribution in [0.1, 0.15) is 107 Å². The summed E-state index contributed by atoms with van der Waals surface area (Å²) in [4.78, 5) is 0. The van der Waals surface area contributed by atoms with Gasteiger partial charge in [0.15, 0.2) is 0 Å². The summed E-state index contributed by atoms with van der Waals surface area (Å²) in [5, 5.41) is 10.8. The van der Waals surface area contributed by atoms with Crippen molar-refractivity contribution in [2.75, 3.05) is 0 Å². The molecule has 2 heteroatoms. The summed E-state index contributed by atoms with van der Waals surface area (Å²) in [6.07, 6.45) is 12.5. The first-order valence-corrected chi connectivity index (χ1v) is 13.6. The lowest BCUT2D eigenvalue weighted by Crippen LogP contribution is -2.55. The largest absolute Gasteiger partial charge is 0.393 e. The van der Waals surface area contributed by atoms with E-state index in [1.54, 1.807) is 5.57 Å². The highest BCUT2D eigenvalue weighted by molar-refractivity contribution is 5.39. The number of rotatable bonds is 1. The van der Waals surface area contributed by atoms with Gasteiger partial charge in [-0.05, 0) is 105 Å². The van der Waals surface area contributed by atoms with Crippen LogP contribution in [0.25, 0.3) is 0 Å². The van der Waals surface area contributed by atoms with Crippen LogP contribution in [0.15, 0.2) is 22.8 Å². The second kappa shape index (κ2) is 7.20. The van der Waals surface area contributed by atoms with Gasteiger partial charge in [-0.25, -0.2) is 0 Å². The van der Waals surface area contributed by atoms with Crippen molar-refractivity contribution in [3.8, 4) is 0 Å². The molecule has 2 nitrogen and oxygen atoms in total. The average Bonchev–Trinajstić information content (AvgIpc) is 2.92.